The Bertz CT molecular complexity index is 921. The van der Waals surface area contributed by atoms with Gasteiger partial charge in [0, 0.05) is 11.3 Å². The van der Waals surface area contributed by atoms with Crippen LogP contribution in [-0.4, -0.2) is 41.6 Å². The number of nitrogens with zero attached hydrogens (tertiary/aromatic N) is 2. The lowest BCUT2D eigenvalue weighted by molar-refractivity contribution is -0.116. The van der Waals surface area contributed by atoms with E-state index in [-0.39, 0.29) is 28.8 Å². The molecule has 29 heavy (non-hydrogen) atoms. The van der Waals surface area contributed by atoms with Gasteiger partial charge in [-0.15, -0.1) is 0 Å². The summed E-state index contributed by atoms with van der Waals surface area (Å²) < 4.78 is 75.9. The van der Waals surface area contributed by atoms with E-state index in [9.17, 15) is 22.0 Å². The number of benzene rings is 1. The summed E-state index contributed by atoms with van der Waals surface area (Å²) >= 11 is 5.84. The molecule has 1 aromatic carbocycles. The summed E-state index contributed by atoms with van der Waals surface area (Å²) in [4.78, 5) is 3.78. The van der Waals surface area contributed by atoms with Crippen LogP contribution in [0, 0.1) is 5.82 Å². The maximum absolute atomic E-state index is 14.7. The van der Waals surface area contributed by atoms with Crippen LogP contribution in [0.5, 0.6) is 0 Å². The molecule has 1 aromatic heterocycles. The van der Waals surface area contributed by atoms with E-state index in [1.54, 1.807) is 0 Å². The number of anilines is 1. The summed E-state index contributed by atoms with van der Waals surface area (Å²) in [7, 11) is 0. The predicted molar refractivity (Wildman–Crippen MR) is 97.1 cm³/mol. The van der Waals surface area contributed by atoms with E-state index in [0.717, 1.165) is 31.3 Å². The van der Waals surface area contributed by atoms with Crippen LogP contribution in [0.3, 0.4) is 0 Å². The van der Waals surface area contributed by atoms with E-state index in [2.05, 4.69) is 20.5 Å². The van der Waals surface area contributed by atoms with Crippen molar-refractivity contribution in [3.05, 3.63) is 46.5 Å². The lowest BCUT2D eigenvalue weighted by Gasteiger charge is -2.33. The number of aromatic amines is 1. The number of halogens is 6. The van der Waals surface area contributed by atoms with Crippen molar-refractivity contribution in [3.8, 4) is 0 Å². The van der Waals surface area contributed by atoms with Crippen LogP contribution in [0.1, 0.15) is 24.2 Å². The van der Waals surface area contributed by atoms with Gasteiger partial charge in [0.25, 0.3) is 12.3 Å². The van der Waals surface area contributed by atoms with Crippen LogP contribution in [-0.2, 0) is 10.3 Å². The molecule has 2 aromatic rings. The maximum Gasteiger partial charge on any atom is 0.299 e. The molecule has 6 nitrogen and oxygen atoms in total. The Hall–Kier alpha value is -2.40. The van der Waals surface area contributed by atoms with Gasteiger partial charge in [0.1, 0.15) is 30.9 Å². The molecular formula is C17H17ClF5N5O. The standard InChI is InChI=1S/C17H17ClF5N5O/c1-16(17(22,23)7-29-6-12(24)27-16)9-4-8(2-3-11(9)19)26-14(15(20)21)13-10(18)5-25-28-13/h2-5,14-15,26H,6-7H2,1H3,(H2,24,27)(H,25,28)/t14?,16-/m1/s1. The highest BCUT2D eigenvalue weighted by molar-refractivity contribution is 6.31. The average molecular weight is 438 g/mol. The number of amidine groups is 1. The zero-order valence-corrected chi connectivity index (χ0v) is 15.8. The molecule has 0 aliphatic carbocycles. The third kappa shape index (κ3) is 4.01. The minimum absolute atomic E-state index is 0.0399. The average Bonchev–Trinajstić information content (AvgIpc) is 3.01. The summed E-state index contributed by atoms with van der Waals surface area (Å²) in [5, 5.41) is 8.37. The molecule has 1 aliphatic heterocycles. The Labute approximate surface area is 167 Å². The van der Waals surface area contributed by atoms with E-state index in [1.165, 1.54) is 0 Å². The van der Waals surface area contributed by atoms with Gasteiger partial charge in [0.2, 0.25) is 0 Å². The summed E-state index contributed by atoms with van der Waals surface area (Å²) in [6, 6.07) is 1.38. The first-order valence-corrected chi connectivity index (χ1v) is 8.76. The van der Waals surface area contributed by atoms with Crippen LogP contribution in [0.4, 0.5) is 27.6 Å². The van der Waals surface area contributed by atoms with Gasteiger partial charge in [0.05, 0.1) is 16.9 Å². The van der Waals surface area contributed by atoms with Gasteiger partial charge >= 0.3 is 0 Å². The van der Waals surface area contributed by atoms with Crippen molar-refractivity contribution < 1.29 is 26.7 Å². The van der Waals surface area contributed by atoms with Gasteiger partial charge in [0.15, 0.2) is 5.54 Å². The van der Waals surface area contributed by atoms with E-state index < -0.39 is 41.9 Å². The maximum atomic E-state index is 14.7. The smallest absolute Gasteiger partial charge is 0.299 e. The molecule has 0 spiro atoms. The second-order valence-electron chi connectivity index (χ2n) is 6.66. The van der Waals surface area contributed by atoms with Crippen molar-refractivity contribution >= 4 is 23.1 Å². The predicted octanol–water partition coefficient (Wildman–Crippen LogP) is 3.86. The van der Waals surface area contributed by atoms with Crippen LogP contribution in [0.25, 0.3) is 0 Å². The summed E-state index contributed by atoms with van der Waals surface area (Å²) in [6.07, 6.45) is -1.78. The van der Waals surface area contributed by atoms with Crippen molar-refractivity contribution in [1.82, 2.24) is 10.2 Å². The molecular weight excluding hydrogens is 421 g/mol. The van der Waals surface area contributed by atoms with Crippen molar-refractivity contribution in [2.45, 2.75) is 30.9 Å². The van der Waals surface area contributed by atoms with Crippen molar-refractivity contribution in [1.29, 1.82) is 0 Å². The van der Waals surface area contributed by atoms with E-state index >= 15 is 0 Å². The molecule has 4 N–H and O–H groups in total. The van der Waals surface area contributed by atoms with E-state index in [4.69, 9.17) is 22.1 Å². The monoisotopic (exact) mass is 437 g/mol. The largest absolute Gasteiger partial charge is 0.385 e. The second-order valence-corrected chi connectivity index (χ2v) is 7.06. The number of aliphatic imine (C=N–C) groups is 1. The lowest BCUT2D eigenvalue weighted by atomic mass is 9.85. The van der Waals surface area contributed by atoms with Gasteiger partial charge in [-0.3, -0.25) is 10.1 Å². The first-order chi connectivity index (χ1) is 13.5. The SMILES string of the molecule is C[C@]1(c2cc(NC(c3[nH]ncc3Cl)C(F)F)ccc2F)N=C(N)COCC1(F)F. The molecule has 2 heterocycles. The molecule has 2 atom stereocenters. The number of aromatic nitrogens is 2. The molecule has 0 bridgehead atoms. The highest BCUT2D eigenvalue weighted by Gasteiger charge is 2.54. The van der Waals surface area contributed by atoms with Gasteiger partial charge < -0.3 is 15.8 Å². The van der Waals surface area contributed by atoms with Crippen LogP contribution >= 0.6 is 11.6 Å². The number of ether oxygens (including phenoxy) is 1. The molecule has 1 unspecified atom stereocenters. The minimum Gasteiger partial charge on any atom is -0.385 e. The first-order valence-electron chi connectivity index (χ1n) is 8.38. The Morgan fingerprint density at radius 1 is 1.34 bits per heavy atom. The normalized spacial score (nSPS) is 22.8. The van der Waals surface area contributed by atoms with Gasteiger partial charge in [-0.25, -0.2) is 22.0 Å². The van der Waals surface area contributed by atoms with Crippen molar-refractivity contribution in [2.75, 3.05) is 18.5 Å². The van der Waals surface area contributed by atoms with Crippen molar-refractivity contribution in [2.24, 2.45) is 10.7 Å². The Morgan fingerprint density at radius 2 is 2.07 bits per heavy atom. The lowest BCUT2D eigenvalue weighted by Crippen LogP contribution is -2.45. The number of H-pyrrole nitrogens is 1. The molecule has 0 amide bonds. The topological polar surface area (TPSA) is 88.3 Å². The molecule has 1 aliphatic rings. The van der Waals surface area contributed by atoms with Gasteiger partial charge in [-0.2, -0.15) is 5.10 Å². The number of hydrogen-bond acceptors (Lipinski definition) is 5. The minimum atomic E-state index is -3.61. The van der Waals surface area contributed by atoms with E-state index in [0.29, 0.717) is 0 Å². The second kappa shape index (κ2) is 7.79. The summed E-state index contributed by atoms with van der Waals surface area (Å²) in [6.45, 7) is -0.363. The number of alkyl halides is 4. The van der Waals surface area contributed by atoms with Crippen molar-refractivity contribution in [3.63, 3.8) is 0 Å². The van der Waals surface area contributed by atoms with Gasteiger partial charge in [-0.05, 0) is 25.1 Å². The zero-order chi connectivity index (χ0) is 21.4. The third-order valence-electron chi connectivity index (χ3n) is 4.61. The van der Waals surface area contributed by atoms with Gasteiger partial charge in [-0.1, -0.05) is 11.6 Å². The highest BCUT2D eigenvalue weighted by Crippen LogP contribution is 2.44. The Morgan fingerprint density at radius 3 is 2.69 bits per heavy atom. The molecule has 0 fully saturated rings. The highest BCUT2D eigenvalue weighted by atomic mass is 35.5. The Balaban J connectivity index is 2.04. The quantitative estimate of drug-likeness (QED) is 0.620. The van der Waals surface area contributed by atoms with Crippen LogP contribution in [0.2, 0.25) is 5.02 Å². The Kier molecular flexibility index (Phi) is 5.72. The fourth-order valence-corrected chi connectivity index (χ4v) is 3.22. The summed E-state index contributed by atoms with van der Waals surface area (Å²) in [5.74, 6) is -4.84. The molecule has 12 heteroatoms. The fourth-order valence-electron chi connectivity index (χ4n) is 3.01. The fraction of sp³-hybridized carbons (Fsp3) is 0.412. The first kappa shape index (κ1) is 21.3. The number of nitrogens with two attached hydrogens (primary N) is 1. The third-order valence-corrected chi connectivity index (χ3v) is 4.91. The molecule has 0 radical (unpaired) electrons. The zero-order valence-electron chi connectivity index (χ0n) is 15.0. The van der Waals surface area contributed by atoms with Crippen LogP contribution < -0.4 is 11.1 Å². The number of hydrogen-bond donors (Lipinski definition) is 3. The summed E-state index contributed by atoms with van der Waals surface area (Å²) in [5.41, 5.74) is 2.51. The van der Waals surface area contributed by atoms with E-state index in [1.807, 2.05) is 0 Å². The molecule has 158 valence electrons. The number of nitrogens with one attached hydrogen (secondary N) is 2. The molecule has 0 saturated heterocycles. The number of rotatable bonds is 5. The van der Waals surface area contributed by atoms with Crippen LogP contribution in [0.15, 0.2) is 29.4 Å². The molecule has 3 rings (SSSR count). The molecule has 0 saturated carbocycles.